The van der Waals surface area contributed by atoms with Gasteiger partial charge in [0, 0.05) is 11.3 Å². The van der Waals surface area contributed by atoms with Crippen molar-refractivity contribution in [2.24, 2.45) is 4.40 Å². The number of amidine groups is 1. The number of nitrogens with zero attached hydrogens (tertiary/aromatic N) is 1. The molecule has 1 aliphatic heterocycles. The molecule has 1 N–H and O–H groups in total. The van der Waals surface area contributed by atoms with Gasteiger partial charge in [-0.2, -0.15) is 8.42 Å². The summed E-state index contributed by atoms with van der Waals surface area (Å²) in [6.45, 7) is 3.84. The highest BCUT2D eigenvalue weighted by atomic mass is 32.2. The van der Waals surface area contributed by atoms with Gasteiger partial charge >= 0.3 is 0 Å². The first-order valence-corrected chi connectivity index (χ1v) is 9.45. The number of rotatable bonds is 4. The number of benzene rings is 2. The summed E-state index contributed by atoms with van der Waals surface area (Å²) in [5.74, 6) is 1.03. The molecular formula is C19H20N2O3S. The maximum atomic E-state index is 12.5. The minimum Gasteiger partial charge on any atom is -0.497 e. The lowest BCUT2D eigenvalue weighted by Gasteiger charge is -2.08. The van der Waals surface area contributed by atoms with Crippen molar-refractivity contribution < 1.29 is 13.2 Å². The van der Waals surface area contributed by atoms with Gasteiger partial charge < -0.3 is 10.1 Å². The van der Waals surface area contributed by atoms with Crippen molar-refractivity contribution in [3.05, 3.63) is 65.2 Å². The molecule has 0 fully saturated rings. The minimum absolute atomic E-state index is 0.226. The molecule has 2 aromatic carbocycles. The average Bonchev–Trinajstić information content (AvgIpc) is 2.83. The van der Waals surface area contributed by atoms with Gasteiger partial charge in [0.2, 0.25) is 0 Å². The smallest absolute Gasteiger partial charge is 0.285 e. The normalized spacial score (nSPS) is 15.9. The number of methoxy groups -OCH3 is 1. The zero-order valence-electron chi connectivity index (χ0n) is 14.4. The quantitative estimate of drug-likeness (QED) is 0.904. The van der Waals surface area contributed by atoms with Crippen LogP contribution in [0.25, 0.3) is 4.91 Å². The lowest BCUT2D eigenvalue weighted by atomic mass is 10.1. The van der Waals surface area contributed by atoms with Gasteiger partial charge in [-0.05, 0) is 60.9 Å². The van der Waals surface area contributed by atoms with E-state index in [1.165, 1.54) is 5.56 Å². The van der Waals surface area contributed by atoms with E-state index in [1.54, 1.807) is 38.3 Å². The Labute approximate surface area is 148 Å². The second-order valence-electron chi connectivity index (χ2n) is 5.78. The van der Waals surface area contributed by atoms with Gasteiger partial charge in [-0.15, -0.1) is 4.40 Å². The molecule has 0 aromatic heterocycles. The van der Waals surface area contributed by atoms with Gasteiger partial charge in [-0.3, -0.25) is 0 Å². The molecule has 0 spiro atoms. The lowest BCUT2D eigenvalue weighted by Crippen LogP contribution is -2.11. The van der Waals surface area contributed by atoms with E-state index < -0.39 is 10.0 Å². The Morgan fingerprint density at radius 1 is 1.12 bits per heavy atom. The standard InChI is InChI=1S/C19H20N2O3S/c1-4-14-6-5-7-16(12-14)20-19-13(2)18(25(22,23)21-19)15-8-10-17(24-3)11-9-15/h5-12H,4H2,1-3H3,(H,20,21). The fourth-order valence-electron chi connectivity index (χ4n) is 2.77. The molecule has 0 radical (unpaired) electrons. The third-order valence-corrected chi connectivity index (χ3v) is 5.60. The zero-order chi connectivity index (χ0) is 18.0. The molecular weight excluding hydrogens is 336 g/mol. The number of aryl methyl sites for hydroxylation is 1. The molecule has 1 aliphatic rings. The van der Waals surface area contributed by atoms with E-state index in [0.29, 0.717) is 22.7 Å². The number of hydrogen-bond acceptors (Lipinski definition) is 4. The molecule has 0 aliphatic carbocycles. The van der Waals surface area contributed by atoms with Gasteiger partial charge in [0.05, 0.1) is 7.11 Å². The second-order valence-corrected chi connectivity index (χ2v) is 7.32. The van der Waals surface area contributed by atoms with Crippen LogP contribution in [0.2, 0.25) is 0 Å². The van der Waals surface area contributed by atoms with Gasteiger partial charge in [0.25, 0.3) is 10.0 Å². The van der Waals surface area contributed by atoms with Crippen molar-refractivity contribution in [3.63, 3.8) is 0 Å². The Kier molecular flexibility index (Phi) is 4.63. The maximum absolute atomic E-state index is 12.5. The topological polar surface area (TPSA) is 67.8 Å². The van der Waals surface area contributed by atoms with E-state index in [9.17, 15) is 8.42 Å². The summed E-state index contributed by atoms with van der Waals surface area (Å²) in [5, 5.41) is 3.13. The van der Waals surface area contributed by atoms with Gasteiger partial charge in [0.15, 0.2) is 0 Å². The van der Waals surface area contributed by atoms with Gasteiger partial charge in [-0.25, -0.2) is 0 Å². The molecule has 0 atom stereocenters. The summed E-state index contributed by atoms with van der Waals surface area (Å²) in [7, 11) is -2.16. The maximum Gasteiger partial charge on any atom is 0.285 e. The second kappa shape index (κ2) is 6.72. The van der Waals surface area contributed by atoms with Crippen molar-refractivity contribution in [3.8, 4) is 5.75 Å². The third kappa shape index (κ3) is 3.44. The Bertz CT molecular complexity index is 958. The summed E-state index contributed by atoms with van der Waals surface area (Å²) < 4.78 is 34.1. The molecule has 5 nitrogen and oxygen atoms in total. The average molecular weight is 356 g/mol. The predicted octanol–water partition coefficient (Wildman–Crippen LogP) is 3.84. The Morgan fingerprint density at radius 2 is 1.84 bits per heavy atom. The first kappa shape index (κ1) is 17.2. The summed E-state index contributed by atoms with van der Waals surface area (Å²) in [5.41, 5.74) is 3.19. The van der Waals surface area contributed by atoms with E-state index >= 15 is 0 Å². The molecule has 2 aromatic rings. The molecule has 25 heavy (non-hydrogen) atoms. The number of sulfonamides is 1. The van der Waals surface area contributed by atoms with Crippen LogP contribution in [-0.2, 0) is 16.4 Å². The summed E-state index contributed by atoms with van der Waals surface area (Å²) in [6, 6.07) is 14.8. The summed E-state index contributed by atoms with van der Waals surface area (Å²) in [6.07, 6.45) is 0.909. The lowest BCUT2D eigenvalue weighted by molar-refractivity contribution is 0.415. The number of nitrogens with one attached hydrogen (secondary N) is 1. The largest absolute Gasteiger partial charge is 0.497 e. The van der Waals surface area contributed by atoms with Crippen LogP contribution in [0, 0.1) is 0 Å². The van der Waals surface area contributed by atoms with Crippen LogP contribution in [0.1, 0.15) is 25.0 Å². The minimum atomic E-state index is -3.73. The Morgan fingerprint density at radius 3 is 2.48 bits per heavy atom. The third-order valence-electron chi connectivity index (χ3n) is 4.12. The van der Waals surface area contributed by atoms with Crippen LogP contribution in [-0.4, -0.2) is 21.4 Å². The molecule has 1 heterocycles. The molecule has 3 rings (SSSR count). The molecule has 0 amide bonds. The molecule has 6 heteroatoms. The van der Waals surface area contributed by atoms with Crippen molar-refractivity contribution in [2.45, 2.75) is 20.3 Å². The molecule has 0 unspecified atom stereocenters. The molecule has 0 bridgehead atoms. The highest BCUT2D eigenvalue weighted by molar-refractivity contribution is 8.00. The van der Waals surface area contributed by atoms with Gasteiger partial charge in [0.1, 0.15) is 16.5 Å². The zero-order valence-corrected chi connectivity index (χ0v) is 15.2. The van der Waals surface area contributed by atoms with Crippen LogP contribution in [0.4, 0.5) is 5.69 Å². The first-order valence-electron chi connectivity index (χ1n) is 8.01. The Hall–Kier alpha value is -2.60. The predicted molar refractivity (Wildman–Crippen MR) is 101 cm³/mol. The Balaban J connectivity index is 1.97. The first-order chi connectivity index (χ1) is 11.9. The molecule has 130 valence electrons. The van der Waals surface area contributed by atoms with E-state index in [0.717, 1.165) is 12.1 Å². The van der Waals surface area contributed by atoms with Crippen molar-refractivity contribution in [1.29, 1.82) is 0 Å². The van der Waals surface area contributed by atoms with Crippen LogP contribution in [0.5, 0.6) is 5.75 Å². The number of hydrogen-bond donors (Lipinski definition) is 1. The van der Waals surface area contributed by atoms with E-state index in [2.05, 4.69) is 16.6 Å². The van der Waals surface area contributed by atoms with E-state index in [4.69, 9.17) is 4.74 Å². The monoisotopic (exact) mass is 356 g/mol. The van der Waals surface area contributed by atoms with Crippen LogP contribution < -0.4 is 10.1 Å². The van der Waals surface area contributed by atoms with Crippen LogP contribution in [0.15, 0.2) is 58.5 Å². The van der Waals surface area contributed by atoms with Crippen molar-refractivity contribution in [2.75, 3.05) is 12.4 Å². The van der Waals surface area contributed by atoms with Gasteiger partial charge in [-0.1, -0.05) is 19.1 Å². The number of anilines is 1. The fraction of sp³-hybridized carbons (Fsp3) is 0.211. The van der Waals surface area contributed by atoms with E-state index in [-0.39, 0.29) is 4.91 Å². The summed E-state index contributed by atoms with van der Waals surface area (Å²) in [4.78, 5) is 0.226. The van der Waals surface area contributed by atoms with Crippen molar-refractivity contribution >= 4 is 26.5 Å². The van der Waals surface area contributed by atoms with E-state index in [1.807, 2.05) is 24.3 Å². The molecule has 0 saturated carbocycles. The number of ether oxygens (including phenoxy) is 1. The van der Waals surface area contributed by atoms with Crippen LogP contribution in [0.3, 0.4) is 0 Å². The highest BCUT2D eigenvalue weighted by Gasteiger charge is 2.31. The SMILES string of the molecule is CCc1cccc(NC2=NS(=O)(=O)C(c3ccc(OC)cc3)=C2C)c1. The van der Waals surface area contributed by atoms with Crippen molar-refractivity contribution in [1.82, 2.24) is 0 Å². The fourth-order valence-corrected chi connectivity index (χ4v) is 4.20. The summed E-state index contributed by atoms with van der Waals surface area (Å²) >= 11 is 0. The highest BCUT2D eigenvalue weighted by Crippen LogP contribution is 2.33. The van der Waals surface area contributed by atoms with Crippen LogP contribution >= 0.6 is 0 Å². The molecule has 0 saturated heterocycles.